The molecule has 0 aliphatic carbocycles. The molecule has 0 unspecified atom stereocenters. The Balaban J connectivity index is 2.50. The fraction of sp³-hybridized carbons (Fsp3) is 0.167. The van der Waals surface area contributed by atoms with E-state index in [4.69, 9.17) is 9.15 Å². The molecule has 2 rings (SSSR count). The Morgan fingerprint density at radius 2 is 2.28 bits per heavy atom. The Morgan fingerprint density at radius 1 is 1.50 bits per heavy atom. The summed E-state index contributed by atoms with van der Waals surface area (Å²) in [6.07, 6.45) is 2.95. The van der Waals surface area contributed by atoms with Gasteiger partial charge >= 0.3 is 0 Å². The lowest BCUT2D eigenvalue weighted by atomic mass is 10.1. The van der Waals surface area contributed by atoms with Crippen LogP contribution in [0.3, 0.4) is 0 Å². The first-order chi connectivity index (χ1) is 8.61. The summed E-state index contributed by atoms with van der Waals surface area (Å²) in [6, 6.07) is 3.54. The molecular weight excluding hydrogens is 300 g/mol. The number of methoxy groups -OCH3 is 1. The van der Waals surface area contributed by atoms with Crippen LogP contribution in [0.2, 0.25) is 0 Å². The zero-order valence-electron chi connectivity index (χ0n) is 9.86. The van der Waals surface area contributed by atoms with Crippen molar-refractivity contribution in [1.82, 2.24) is 4.98 Å². The van der Waals surface area contributed by atoms with Crippen LogP contribution in [-0.4, -0.2) is 18.0 Å². The molecule has 1 aromatic heterocycles. The van der Waals surface area contributed by atoms with Gasteiger partial charge in [-0.25, -0.2) is 4.98 Å². The average Bonchev–Trinajstić information content (AvgIpc) is 2.84. The van der Waals surface area contributed by atoms with E-state index in [9.17, 15) is 4.79 Å². The van der Waals surface area contributed by atoms with Gasteiger partial charge in [0, 0.05) is 17.5 Å². The van der Waals surface area contributed by atoms with Crippen molar-refractivity contribution >= 4 is 27.5 Å². The van der Waals surface area contributed by atoms with Crippen LogP contribution in [0.25, 0.3) is 11.3 Å². The number of halogens is 1. The van der Waals surface area contributed by atoms with Crippen LogP contribution in [0.1, 0.15) is 6.92 Å². The lowest BCUT2D eigenvalue weighted by Gasteiger charge is -2.11. The molecule has 0 radical (unpaired) electrons. The maximum absolute atomic E-state index is 11.1. The van der Waals surface area contributed by atoms with E-state index in [-0.39, 0.29) is 5.91 Å². The van der Waals surface area contributed by atoms with Crippen LogP contribution >= 0.6 is 15.9 Å². The van der Waals surface area contributed by atoms with Crippen molar-refractivity contribution < 1.29 is 13.9 Å². The minimum absolute atomic E-state index is 0.148. The van der Waals surface area contributed by atoms with Gasteiger partial charge < -0.3 is 14.5 Å². The van der Waals surface area contributed by atoms with Crippen molar-refractivity contribution in [2.24, 2.45) is 0 Å². The number of hydrogen-bond donors (Lipinski definition) is 1. The highest BCUT2D eigenvalue weighted by molar-refractivity contribution is 9.10. The third-order valence-electron chi connectivity index (χ3n) is 2.30. The van der Waals surface area contributed by atoms with Crippen LogP contribution in [0.4, 0.5) is 5.69 Å². The molecule has 0 spiro atoms. The summed E-state index contributed by atoms with van der Waals surface area (Å²) in [5.74, 6) is 1.05. The first-order valence-electron chi connectivity index (χ1n) is 5.16. The van der Waals surface area contributed by atoms with Crippen molar-refractivity contribution in [2.45, 2.75) is 6.92 Å². The number of carbonyl (C=O) groups excluding carboxylic acids is 1. The van der Waals surface area contributed by atoms with Crippen LogP contribution < -0.4 is 10.1 Å². The largest absolute Gasteiger partial charge is 0.496 e. The van der Waals surface area contributed by atoms with Gasteiger partial charge in [-0.15, -0.1) is 0 Å². The summed E-state index contributed by atoms with van der Waals surface area (Å²) < 4.78 is 11.3. The summed E-state index contributed by atoms with van der Waals surface area (Å²) in [5, 5.41) is 2.71. The standard InChI is InChI=1S/C12H11BrN2O3/c1-7(16)15-10-4-11(17-2)8(3-9(10)13)12-5-14-6-18-12/h3-6H,1-2H3,(H,15,16). The van der Waals surface area contributed by atoms with Gasteiger partial charge in [-0.3, -0.25) is 4.79 Å². The minimum atomic E-state index is -0.148. The summed E-state index contributed by atoms with van der Waals surface area (Å²) in [4.78, 5) is 14.9. The van der Waals surface area contributed by atoms with Crippen molar-refractivity contribution in [3.05, 3.63) is 29.2 Å². The van der Waals surface area contributed by atoms with Gasteiger partial charge in [0.15, 0.2) is 12.2 Å². The molecule has 0 saturated heterocycles. The fourth-order valence-electron chi connectivity index (χ4n) is 1.55. The highest BCUT2D eigenvalue weighted by atomic mass is 79.9. The lowest BCUT2D eigenvalue weighted by Crippen LogP contribution is -2.06. The molecule has 0 aliphatic heterocycles. The monoisotopic (exact) mass is 310 g/mol. The van der Waals surface area contributed by atoms with E-state index in [1.54, 1.807) is 19.4 Å². The number of aromatic nitrogens is 1. The molecule has 1 heterocycles. The van der Waals surface area contributed by atoms with E-state index < -0.39 is 0 Å². The van der Waals surface area contributed by atoms with Gasteiger partial charge in [0.25, 0.3) is 0 Å². The normalized spacial score (nSPS) is 10.2. The van der Waals surface area contributed by atoms with Crippen molar-refractivity contribution in [3.8, 4) is 17.1 Å². The summed E-state index contributed by atoms with van der Waals surface area (Å²) in [7, 11) is 1.56. The number of rotatable bonds is 3. The minimum Gasteiger partial charge on any atom is -0.496 e. The molecule has 1 aromatic carbocycles. The molecule has 5 nitrogen and oxygen atoms in total. The Bertz CT molecular complexity index is 567. The Morgan fingerprint density at radius 3 is 2.83 bits per heavy atom. The Kier molecular flexibility index (Phi) is 3.66. The van der Waals surface area contributed by atoms with E-state index in [0.29, 0.717) is 17.2 Å². The number of oxazole rings is 1. The second kappa shape index (κ2) is 5.22. The predicted octanol–water partition coefficient (Wildman–Crippen LogP) is 3.07. The van der Waals surface area contributed by atoms with Gasteiger partial charge in [-0.05, 0) is 22.0 Å². The number of nitrogens with one attached hydrogen (secondary N) is 1. The second-order valence-corrected chi connectivity index (χ2v) is 4.43. The van der Waals surface area contributed by atoms with Crippen molar-refractivity contribution in [2.75, 3.05) is 12.4 Å². The molecular formula is C12H11BrN2O3. The third-order valence-corrected chi connectivity index (χ3v) is 2.95. The first kappa shape index (κ1) is 12.6. The van der Waals surface area contributed by atoms with Crippen LogP contribution in [-0.2, 0) is 4.79 Å². The highest BCUT2D eigenvalue weighted by Gasteiger charge is 2.13. The fourth-order valence-corrected chi connectivity index (χ4v) is 1.99. The average molecular weight is 311 g/mol. The van der Waals surface area contributed by atoms with Gasteiger partial charge in [0.05, 0.1) is 24.6 Å². The van der Waals surface area contributed by atoms with Crippen molar-refractivity contribution in [3.63, 3.8) is 0 Å². The summed E-state index contributed by atoms with van der Waals surface area (Å²) in [6.45, 7) is 1.45. The quantitative estimate of drug-likeness (QED) is 0.946. The smallest absolute Gasteiger partial charge is 0.221 e. The van der Waals surface area contributed by atoms with Crippen LogP contribution in [0.15, 0.2) is 33.6 Å². The summed E-state index contributed by atoms with van der Waals surface area (Å²) in [5.41, 5.74) is 1.40. The van der Waals surface area contributed by atoms with Crippen LogP contribution in [0, 0.1) is 0 Å². The molecule has 2 aromatic rings. The molecule has 0 bridgehead atoms. The first-order valence-corrected chi connectivity index (χ1v) is 5.95. The van der Waals surface area contributed by atoms with E-state index in [0.717, 1.165) is 10.0 Å². The van der Waals surface area contributed by atoms with Gasteiger partial charge in [0.1, 0.15) is 5.75 Å². The zero-order valence-corrected chi connectivity index (χ0v) is 11.4. The molecule has 0 aliphatic rings. The van der Waals surface area contributed by atoms with E-state index in [2.05, 4.69) is 26.2 Å². The summed E-state index contributed by atoms with van der Waals surface area (Å²) >= 11 is 3.39. The number of ether oxygens (including phenoxy) is 1. The Labute approximate surface area is 112 Å². The number of nitrogens with zero attached hydrogens (tertiary/aromatic N) is 1. The maximum Gasteiger partial charge on any atom is 0.221 e. The van der Waals surface area contributed by atoms with Gasteiger partial charge in [-0.2, -0.15) is 0 Å². The number of amides is 1. The molecule has 0 fully saturated rings. The molecule has 1 amide bonds. The van der Waals surface area contributed by atoms with Gasteiger partial charge in [-0.1, -0.05) is 0 Å². The molecule has 18 heavy (non-hydrogen) atoms. The number of carbonyl (C=O) groups is 1. The maximum atomic E-state index is 11.1. The van der Waals surface area contributed by atoms with E-state index >= 15 is 0 Å². The lowest BCUT2D eigenvalue weighted by molar-refractivity contribution is -0.114. The zero-order chi connectivity index (χ0) is 13.1. The SMILES string of the molecule is COc1cc(NC(C)=O)c(Br)cc1-c1cnco1. The second-order valence-electron chi connectivity index (χ2n) is 3.58. The van der Waals surface area contributed by atoms with E-state index in [1.165, 1.54) is 13.3 Å². The molecule has 6 heteroatoms. The Hall–Kier alpha value is -1.82. The number of anilines is 1. The van der Waals surface area contributed by atoms with Gasteiger partial charge in [0.2, 0.25) is 5.91 Å². The molecule has 1 N–H and O–H groups in total. The number of benzene rings is 1. The highest BCUT2D eigenvalue weighted by Crippen LogP contribution is 2.37. The third kappa shape index (κ3) is 2.53. The predicted molar refractivity (Wildman–Crippen MR) is 70.5 cm³/mol. The molecule has 0 atom stereocenters. The number of hydrogen-bond acceptors (Lipinski definition) is 4. The topological polar surface area (TPSA) is 64.4 Å². The van der Waals surface area contributed by atoms with Crippen molar-refractivity contribution in [1.29, 1.82) is 0 Å². The molecule has 0 saturated carbocycles. The molecule has 94 valence electrons. The van der Waals surface area contributed by atoms with E-state index in [1.807, 2.05) is 6.07 Å². The van der Waals surface area contributed by atoms with Crippen LogP contribution in [0.5, 0.6) is 5.75 Å².